The summed E-state index contributed by atoms with van der Waals surface area (Å²) in [4.78, 5) is 17.4. The Labute approximate surface area is 229 Å². The van der Waals surface area contributed by atoms with Crippen LogP contribution in [0.5, 0.6) is 5.75 Å². The molecule has 2 aromatic rings. The molecule has 3 aliphatic rings. The summed E-state index contributed by atoms with van der Waals surface area (Å²) in [5.41, 5.74) is 3.89. The molecule has 2 N–H and O–H groups in total. The summed E-state index contributed by atoms with van der Waals surface area (Å²) >= 11 is 0. The van der Waals surface area contributed by atoms with Gasteiger partial charge in [-0.25, -0.2) is 4.98 Å². The third-order valence-electron chi connectivity index (χ3n) is 8.14. The highest BCUT2D eigenvalue weighted by Crippen LogP contribution is 2.28. The summed E-state index contributed by atoms with van der Waals surface area (Å²) in [5.74, 6) is 2.94. The van der Waals surface area contributed by atoms with Gasteiger partial charge in [0.2, 0.25) is 5.95 Å². The lowest BCUT2D eigenvalue weighted by Gasteiger charge is -2.29. The van der Waals surface area contributed by atoms with Crippen LogP contribution in [0.25, 0.3) is 0 Å². The minimum Gasteiger partial charge on any atom is -0.494 e. The van der Waals surface area contributed by atoms with E-state index < -0.39 is 0 Å². The summed E-state index contributed by atoms with van der Waals surface area (Å²) in [6.45, 7) is 8.93. The van der Waals surface area contributed by atoms with E-state index in [4.69, 9.17) is 14.7 Å². The van der Waals surface area contributed by atoms with Gasteiger partial charge in [-0.15, -0.1) is 0 Å². The molecule has 0 spiro atoms. The second-order valence-electron chi connectivity index (χ2n) is 11.4. The van der Waals surface area contributed by atoms with Crippen molar-refractivity contribution in [2.75, 3.05) is 70.2 Å². The van der Waals surface area contributed by atoms with Gasteiger partial charge in [-0.05, 0) is 70.4 Å². The Hall–Kier alpha value is -2.42. The van der Waals surface area contributed by atoms with E-state index in [1.807, 2.05) is 0 Å². The molecule has 2 fully saturated rings. The maximum absolute atomic E-state index is 5.92. The first-order chi connectivity index (χ1) is 18.7. The molecule has 1 atom stereocenters. The molecule has 38 heavy (non-hydrogen) atoms. The van der Waals surface area contributed by atoms with Gasteiger partial charge in [0, 0.05) is 63.8 Å². The summed E-state index contributed by atoms with van der Waals surface area (Å²) in [6, 6.07) is 9.18. The molecule has 2 saturated heterocycles. The molecule has 0 aliphatic carbocycles. The summed E-state index contributed by atoms with van der Waals surface area (Å²) in [7, 11) is 4.20. The SMILES string of the molecule is CN(C)CCCOc1ccc(CN2CCCC2CNc2nc3c(c(N4CCCCCC4)n2)CNCC3)cc1. The lowest BCUT2D eigenvalue weighted by molar-refractivity contribution is 0.253. The lowest BCUT2D eigenvalue weighted by Crippen LogP contribution is -2.35. The van der Waals surface area contributed by atoms with E-state index in [2.05, 4.69) is 63.7 Å². The first-order valence-electron chi connectivity index (χ1n) is 14.9. The second kappa shape index (κ2) is 13.6. The van der Waals surface area contributed by atoms with Gasteiger partial charge in [0.25, 0.3) is 0 Å². The molecule has 8 nitrogen and oxygen atoms in total. The molecule has 1 aromatic carbocycles. The van der Waals surface area contributed by atoms with Crippen molar-refractivity contribution in [3.63, 3.8) is 0 Å². The van der Waals surface area contributed by atoms with Crippen molar-refractivity contribution in [2.45, 2.75) is 70.5 Å². The summed E-state index contributed by atoms with van der Waals surface area (Å²) in [6.07, 6.45) is 9.67. The minimum absolute atomic E-state index is 0.500. The maximum Gasteiger partial charge on any atom is 0.224 e. The molecule has 0 saturated carbocycles. The fourth-order valence-electron chi connectivity index (χ4n) is 5.99. The highest BCUT2D eigenvalue weighted by molar-refractivity contribution is 5.53. The monoisotopic (exact) mass is 521 g/mol. The number of anilines is 2. The van der Waals surface area contributed by atoms with Crippen LogP contribution in [0.15, 0.2) is 24.3 Å². The average molecular weight is 522 g/mol. The number of hydrogen-bond acceptors (Lipinski definition) is 8. The highest BCUT2D eigenvalue weighted by atomic mass is 16.5. The first kappa shape index (κ1) is 27.2. The van der Waals surface area contributed by atoms with Crippen LogP contribution in [0, 0.1) is 0 Å². The van der Waals surface area contributed by atoms with Gasteiger partial charge in [-0.1, -0.05) is 25.0 Å². The van der Waals surface area contributed by atoms with E-state index in [0.29, 0.717) is 6.04 Å². The predicted molar refractivity (Wildman–Crippen MR) is 155 cm³/mol. The topological polar surface area (TPSA) is 68.8 Å². The largest absolute Gasteiger partial charge is 0.494 e. The molecule has 0 bridgehead atoms. The molecule has 1 unspecified atom stereocenters. The predicted octanol–water partition coefficient (Wildman–Crippen LogP) is 3.91. The number of fused-ring (bicyclic) bond motifs is 1. The fraction of sp³-hybridized carbons (Fsp3) is 0.667. The van der Waals surface area contributed by atoms with Gasteiger partial charge in [0.1, 0.15) is 11.6 Å². The van der Waals surface area contributed by atoms with Crippen LogP contribution in [-0.4, -0.2) is 85.8 Å². The molecule has 0 radical (unpaired) electrons. The van der Waals surface area contributed by atoms with E-state index in [1.54, 1.807) is 0 Å². The van der Waals surface area contributed by atoms with Crippen LogP contribution in [0.1, 0.15) is 61.8 Å². The highest BCUT2D eigenvalue weighted by Gasteiger charge is 2.26. The van der Waals surface area contributed by atoms with Crippen molar-refractivity contribution >= 4 is 11.8 Å². The first-order valence-corrected chi connectivity index (χ1v) is 14.9. The third kappa shape index (κ3) is 7.36. The Morgan fingerprint density at radius 3 is 2.63 bits per heavy atom. The Kier molecular flexibility index (Phi) is 9.71. The number of nitrogens with zero attached hydrogens (tertiary/aromatic N) is 5. The van der Waals surface area contributed by atoms with Gasteiger partial charge in [-0.2, -0.15) is 4.98 Å². The normalized spacial score (nSPS) is 20.4. The zero-order valence-electron chi connectivity index (χ0n) is 23.6. The molecular weight excluding hydrogens is 474 g/mol. The Bertz CT molecular complexity index is 1000. The number of aromatic nitrogens is 2. The van der Waals surface area contributed by atoms with E-state index in [1.165, 1.54) is 61.2 Å². The molecule has 1 aromatic heterocycles. The molecule has 3 aliphatic heterocycles. The Morgan fingerprint density at radius 1 is 1.03 bits per heavy atom. The third-order valence-corrected chi connectivity index (χ3v) is 8.14. The van der Waals surface area contributed by atoms with Crippen molar-refractivity contribution in [2.24, 2.45) is 0 Å². The van der Waals surface area contributed by atoms with Crippen LogP contribution in [0.2, 0.25) is 0 Å². The molecule has 208 valence electrons. The van der Waals surface area contributed by atoms with E-state index >= 15 is 0 Å². The Balaban J connectivity index is 1.18. The standard InChI is InChI=1S/C30H47N7O/c1-35(2)16-8-20-38-26-12-10-24(11-13-26)23-37-19-7-9-25(37)21-32-30-33-28-14-15-31-22-27(28)29(34-30)36-17-5-3-4-6-18-36/h10-13,25,31H,3-9,14-23H2,1-2H3,(H,32,33,34). The van der Waals surface area contributed by atoms with Crippen LogP contribution in [0.3, 0.4) is 0 Å². The van der Waals surface area contributed by atoms with Crippen molar-refractivity contribution in [3.8, 4) is 5.75 Å². The van der Waals surface area contributed by atoms with Gasteiger partial charge >= 0.3 is 0 Å². The molecule has 5 rings (SSSR count). The van der Waals surface area contributed by atoms with Gasteiger partial charge in [-0.3, -0.25) is 4.90 Å². The summed E-state index contributed by atoms with van der Waals surface area (Å²) < 4.78 is 5.92. The molecule has 4 heterocycles. The van der Waals surface area contributed by atoms with Gasteiger partial charge < -0.3 is 25.2 Å². The Morgan fingerprint density at radius 2 is 1.84 bits per heavy atom. The van der Waals surface area contributed by atoms with Crippen molar-refractivity contribution in [1.82, 2.24) is 25.1 Å². The lowest BCUT2D eigenvalue weighted by atomic mass is 10.1. The average Bonchev–Trinajstić information content (AvgIpc) is 3.19. The number of nitrogens with one attached hydrogen (secondary N) is 2. The number of rotatable bonds is 11. The van der Waals surface area contributed by atoms with Crippen molar-refractivity contribution in [1.29, 1.82) is 0 Å². The van der Waals surface area contributed by atoms with Crippen LogP contribution < -0.4 is 20.3 Å². The van der Waals surface area contributed by atoms with Crippen LogP contribution >= 0.6 is 0 Å². The quantitative estimate of drug-likeness (QED) is 0.432. The smallest absolute Gasteiger partial charge is 0.224 e. The van der Waals surface area contributed by atoms with Gasteiger partial charge in [0.15, 0.2) is 0 Å². The van der Waals surface area contributed by atoms with Crippen molar-refractivity contribution in [3.05, 3.63) is 41.1 Å². The maximum atomic E-state index is 5.92. The minimum atomic E-state index is 0.500. The van der Waals surface area contributed by atoms with Crippen LogP contribution in [0.4, 0.5) is 11.8 Å². The molecule has 8 heteroatoms. The van der Waals surface area contributed by atoms with E-state index in [-0.39, 0.29) is 0 Å². The van der Waals surface area contributed by atoms with Crippen molar-refractivity contribution < 1.29 is 4.74 Å². The summed E-state index contributed by atoms with van der Waals surface area (Å²) in [5, 5.41) is 7.20. The second-order valence-corrected chi connectivity index (χ2v) is 11.4. The van der Waals surface area contributed by atoms with E-state index in [9.17, 15) is 0 Å². The number of hydrogen-bond donors (Lipinski definition) is 2. The van der Waals surface area contributed by atoms with Gasteiger partial charge in [0.05, 0.1) is 12.3 Å². The van der Waals surface area contributed by atoms with E-state index in [0.717, 1.165) is 83.5 Å². The fourth-order valence-corrected chi connectivity index (χ4v) is 5.99. The number of benzene rings is 1. The zero-order chi connectivity index (χ0) is 26.2. The van der Waals surface area contributed by atoms with Crippen LogP contribution in [-0.2, 0) is 19.5 Å². The molecule has 0 amide bonds. The number of ether oxygens (including phenoxy) is 1. The molecular formula is C30H47N7O. The zero-order valence-corrected chi connectivity index (χ0v) is 23.6. The number of likely N-dealkylation sites (tertiary alicyclic amines) is 1.